The van der Waals surface area contributed by atoms with Crippen LogP contribution in [-0.4, -0.2) is 44.1 Å². The Morgan fingerprint density at radius 1 is 1.21 bits per heavy atom. The van der Waals surface area contributed by atoms with E-state index in [0.717, 1.165) is 5.56 Å². The zero-order valence-corrected chi connectivity index (χ0v) is 19.2. The van der Waals surface area contributed by atoms with E-state index in [1.165, 1.54) is 10.6 Å². The SMILES string of the molecule is Cc1nc2c(-c3ccc(Cl)cc3F)cc(N3CCOC(c4cnn(C)c4)C3)nn2c(=O)c1C. The van der Waals surface area contributed by atoms with Crippen LogP contribution in [0.5, 0.6) is 0 Å². The third-order valence-electron chi connectivity index (χ3n) is 5.96. The average molecular weight is 469 g/mol. The van der Waals surface area contributed by atoms with Gasteiger partial charge in [0.1, 0.15) is 11.9 Å². The van der Waals surface area contributed by atoms with Gasteiger partial charge in [-0.3, -0.25) is 9.48 Å². The van der Waals surface area contributed by atoms with E-state index >= 15 is 0 Å². The van der Waals surface area contributed by atoms with E-state index in [1.54, 1.807) is 42.9 Å². The molecule has 1 atom stereocenters. The molecule has 1 fully saturated rings. The van der Waals surface area contributed by atoms with E-state index in [9.17, 15) is 9.18 Å². The molecule has 8 nitrogen and oxygen atoms in total. The van der Waals surface area contributed by atoms with Gasteiger partial charge in [0.2, 0.25) is 0 Å². The molecule has 0 bridgehead atoms. The molecule has 4 heterocycles. The lowest BCUT2D eigenvalue weighted by molar-refractivity contribution is 0.0394. The van der Waals surface area contributed by atoms with Crippen molar-refractivity contribution >= 4 is 23.1 Å². The predicted molar refractivity (Wildman–Crippen MR) is 123 cm³/mol. The Kier molecular flexibility index (Phi) is 5.38. The molecule has 10 heteroatoms. The quantitative estimate of drug-likeness (QED) is 0.458. The lowest BCUT2D eigenvalue weighted by atomic mass is 10.1. The van der Waals surface area contributed by atoms with Crippen LogP contribution in [0, 0.1) is 19.7 Å². The van der Waals surface area contributed by atoms with Gasteiger partial charge in [-0.1, -0.05) is 11.6 Å². The molecule has 5 rings (SSSR count). The Morgan fingerprint density at radius 3 is 2.76 bits per heavy atom. The summed E-state index contributed by atoms with van der Waals surface area (Å²) in [7, 11) is 1.85. The Morgan fingerprint density at radius 2 is 2.03 bits per heavy atom. The monoisotopic (exact) mass is 468 g/mol. The Labute approximate surface area is 194 Å². The van der Waals surface area contributed by atoms with Crippen LogP contribution in [0.2, 0.25) is 5.02 Å². The molecule has 170 valence electrons. The fraction of sp³-hybridized carbons (Fsp3) is 0.304. The molecule has 0 N–H and O–H groups in total. The highest BCUT2D eigenvalue weighted by Crippen LogP contribution is 2.32. The molecule has 0 radical (unpaired) electrons. The number of rotatable bonds is 3. The summed E-state index contributed by atoms with van der Waals surface area (Å²) in [5, 5.41) is 9.13. The molecule has 3 aromatic heterocycles. The molecule has 1 unspecified atom stereocenters. The number of ether oxygens (including phenoxy) is 1. The summed E-state index contributed by atoms with van der Waals surface area (Å²) in [5.41, 5.74) is 2.81. The molecule has 1 aromatic carbocycles. The topological polar surface area (TPSA) is 77.6 Å². The van der Waals surface area contributed by atoms with Crippen LogP contribution in [-0.2, 0) is 11.8 Å². The van der Waals surface area contributed by atoms with Crippen molar-refractivity contribution in [3.63, 3.8) is 0 Å². The first-order valence-corrected chi connectivity index (χ1v) is 10.9. The molecule has 0 aliphatic carbocycles. The highest BCUT2D eigenvalue weighted by atomic mass is 35.5. The maximum atomic E-state index is 14.9. The Bertz CT molecular complexity index is 1430. The van der Waals surface area contributed by atoms with Crippen molar-refractivity contribution < 1.29 is 9.13 Å². The molecule has 4 aromatic rings. The molecular formula is C23H22ClFN6O2. The standard InChI is InChI=1S/C23H22ClFN6O2/c1-13-14(2)27-22-18(17-5-4-16(24)8-19(17)25)9-21(28-31(22)23(13)32)30-6-7-33-20(12-30)15-10-26-29(3)11-15/h4-5,8-11,20H,6-7,12H2,1-3H3. The number of anilines is 1. The summed E-state index contributed by atoms with van der Waals surface area (Å²) >= 11 is 5.97. The predicted octanol–water partition coefficient (Wildman–Crippen LogP) is 3.48. The third-order valence-corrected chi connectivity index (χ3v) is 6.19. The third kappa shape index (κ3) is 3.87. The molecule has 0 amide bonds. The molecule has 33 heavy (non-hydrogen) atoms. The van der Waals surface area contributed by atoms with Crippen LogP contribution in [0.4, 0.5) is 10.2 Å². The number of hydrogen-bond acceptors (Lipinski definition) is 6. The van der Waals surface area contributed by atoms with E-state index < -0.39 is 5.82 Å². The summed E-state index contributed by atoms with van der Waals surface area (Å²) in [6.45, 7) is 5.03. The number of halogens is 2. The van der Waals surface area contributed by atoms with Crippen LogP contribution < -0.4 is 10.5 Å². The van der Waals surface area contributed by atoms with E-state index in [1.807, 2.05) is 18.1 Å². The summed E-state index contributed by atoms with van der Waals surface area (Å²) in [5.74, 6) is 0.0421. The smallest absolute Gasteiger partial charge is 0.277 e. The van der Waals surface area contributed by atoms with Crippen molar-refractivity contribution in [2.45, 2.75) is 20.0 Å². The number of morpholine rings is 1. The minimum absolute atomic E-state index is 0.199. The number of aromatic nitrogens is 5. The van der Waals surface area contributed by atoms with Gasteiger partial charge in [-0.2, -0.15) is 9.61 Å². The van der Waals surface area contributed by atoms with Gasteiger partial charge in [-0.05, 0) is 38.1 Å². The summed E-state index contributed by atoms with van der Waals surface area (Å²) in [4.78, 5) is 19.7. The van der Waals surface area contributed by atoms with Gasteiger partial charge < -0.3 is 9.64 Å². The van der Waals surface area contributed by atoms with E-state index in [2.05, 4.69) is 15.2 Å². The van der Waals surface area contributed by atoms with Crippen molar-refractivity contribution in [1.82, 2.24) is 24.4 Å². The van der Waals surface area contributed by atoms with Crippen molar-refractivity contribution in [1.29, 1.82) is 0 Å². The van der Waals surface area contributed by atoms with Gasteiger partial charge in [-0.15, -0.1) is 5.10 Å². The number of benzene rings is 1. The Balaban J connectivity index is 1.67. The fourth-order valence-electron chi connectivity index (χ4n) is 4.02. The van der Waals surface area contributed by atoms with Gasteiger partial charge in [0, 0.05) is 52.8 Å². The highest BCUT2D eigenvalue weighted by molar-refractivity contribution is 6.30. The van der Waals surface area contributed by atoms with Crippen molar-refractivity contribution in [2.75, 3.05) is 24.6 Å². The maximum Gasteiger partial charge on any atom is 0.277 e. The molecule has 1 aliphatic rings. The average Bonchev–Trinajstić information content (AvgIpc) is 3.24. The second-order valence-corrected chi connectivity index (χ2v) is 8.59. The lowest BCUT2D eigenvalue weighted by Crippen LogP contribution is -2.39. The number of nitrogens with zero attached hydrogens (tertiary/aromatic N) is 6. The number of hydrogen-bond donors (Lipinski definition) is 0. The summed E-state index contributed by atoms with van der Waals surface area (Å²) in [6.07, 6.45) is 3.49. The van der Waals surface area contributed by atoms with Gasteiger partial charge >= 0.3 is 0 Å². The van der Waals surface area contributed by atoms with E-state index in [-0.39, 0.29) is 11.7 Å². The second kappa shape index (κ2) is 8.24. The van der Waals surface area contributed by atoms with Gasteiger partial charge in [-0.25, -0.2) is 9.37 Å². The van der Waals surface area contributed by atoms with Crippen LogP contribution >= 0.6 is 11.6 Å². The van der Waals surface area contributed by atoms with Crippen LogP contribution in [0.25, 0.3) is 16.8 Å². The van der Waals surface area contributed by atoms with Gasteiger partial charge in [0.15, 0.2) is 11.5 Å². The van der Waals surface area contributed by atoms with Crippen LogP contribution in [0.1, 0.15) is 22.9 Å². The van der Waals surface area contributed by atoms with Crippen molar-refractivity contribution in [2.24, 2.45) is 7.05 Å². The maximum absolute atomic E-state index is 14.9. The first-order chi connectivity index (χ1) is 15.8. The molecule has 0 saturated carbocycles. The number of aryl methyl sites for hydroxylation is 2. The minimum atomic E-state index is -0.496. The normalized spacial score (nSPS) is 16.5. The summed E-state index contributed by atoms with van der Waals surface area (Å²) in [6, 6.07) is 6.23. The highest BCUT2D eigenvalue weighted by Gasteiger charge is 2.26. The molecular weight excluding hydrogens is 447 g/mol. The van der Waals surface area contributed by atoms with Gasteiger partial charge in [0.05, 0.1) is 19.3 Å². The largest absolute Gasteiger partial charge is 0.370 e. The fourth-order valence-corrected chi connectivity index (χ4v) is 4.18. The van der Waals surface area contributed by atoms with E-state index in [4.69, 9.17) is 16.3 Å². The first-order valence-electron chi connectivity index (χ1n) is 10.5. The molecule has 1 aliphatic heterocycles. The van der Waals surface area contributed by atoms with E-state index in [0.29, 0.717) is 58.6 Å². The van der Waals surface area contributed by atoms with Crippen molar-refractivity contribution in [3.05, 3.63) is 74.7 Å². The Hall–Kier alpha value is -3.30. The van der Waals surface area contributed by atoms with Crippen LogP contribution in [0.15, 0.2) is 41.5 Å². The molecule has 1 saturated heterocycles. The first kappa shape index (κ1) is 21.5. The van der Waals surface area contributed by atoms with Crippen LogP contribution in [0.3, 0.4) is 0 Å². The zero-order chi connectivity index (χ0) is 23.3. The van der Waals surface area contributed by atoms with Gasteiger partial charge in [0.25, 0.3) is 5.56 Å². The lowest BCUT2D eigenvalue weighted by Gasteiger charge is -2.33. The minimum Gasteiger partial charge on any atom is -0.370 e. The zero-order valence-electron chi connectivity index (χ0n) is 18.4. The number of fused-ring (bicyclic) bond motifs is 1. The molecule has 0 spiro atoms. The second-order valence-electron chi connectivity index (χ2n) is 8.16. The van der Waals surface area contributed by atoms with Crippen molar-refractivity contribution in [3.8, 4) is 11.1 Å². The summed E-state index contributed by atoms with van der Waals surface area (Å²) < 4.78 is 23.9.